The van der Waals surface area contributed by atoms with Gasteiger partial charge in [-0.15, -0.1) is 0 Å². The second kappa shape index (κ2) is 9.80. The molecule has 0 aromatic heterocycles. The fourth-order valence-corrected chi connectivity index (χ4v) is 5.12. The van der Waals surface area contributed by atoms with Crippen LogP contribution in [0.4, 0.5) is 5.69 Å². The maximum atomic E-state index is 9.67. The van der Waals surface area contributed by atoms with Gasteiger partial charge in [0.05, 0.1) is 11.6 Å². The summed E-state index contributed by atoms with van der Waals surface area (Å²) in [5, 5.41) is 10.5. The number of hydrogen-bond donors (Lipinski definition) is 0. The summed E-state index contributed by atoms with van der Waals surface area (Å²) < 4.78 is 0. The lowest BCUT2D eigenvalue weighted by atomic mass is 10.1. The molecule has 0 bridgehead atoms. The molecule has 2 heterocycles. The Balaban J connectivity index is 1.17. The maximum absolute atomic E-state index is 9.67. The van der Waals surface area contributed by atoms with Gasteiger partial charge < -0.3 is 4.90 Å². The summed E-state index contributed by atoms with van der Waals surface area (Å²) in [6, 6.07) is 17.9. The molecular formula is C26H32ClN5. The molecule has 0 radical (unpaired) electrons. The Kier molecular flexibility index (Phi) is 6.66. The van der Waals surface area contributed by atoms with Crippen LogP contribution in [0.25, 0.3) is 0 Å². The van der Waals surface area contributed by atoms with Gasteiger partial charge in [0.1, 0.15) is 0 Å². The van der Waals surface area contributed by atoms with Gasteiger partial charge in [0.25, 0.3) is 0 Å². The van der Waals surface area contributed by atoms with Crippen LogP contribution >= 0.6 is 11.6 Å². The summed E-state index contributed by atoms with van der Waals surface area (Å²) in [6.07, 6.45) is 2.77. The highest BCUT2D eigenvalue weighted by molar-refractivity contribution is 6.30. The van der Waals surface area contributed by atoms with Gasteiger partial charge in [0, 0.05) is 82.2 Å². The highest BCUT2D eigenvalue weighted by atomic mass is 35.5. The average molecular weight is 450 g/mol. The molecule has 0 unspecified atom stereocenters. The van der Waals surface area contributed by atoms with E-state index in [4.69, 9.17) is 11.6 Å². The SMILES string of the molecule is N#Cc1ccc(N2CCN(C3CC3)CC2)cc1CN1CCN(Cc2ccc(Cl)cc2)CC1. The number of piperazine rings is 2. The third kappa shape index (κ3) is 5.27. The van der Waals surface area contributed by atoms with Gasteiger partial charge in [-0.1, -0.05) is 23.7 Å². The second-order valence-corrected chi connectivity index (χ2v) is 9.82. The van der Waals surface area contributed by atoms with Crippen LogP contribution in [0.15, 0.2) is 42.5 Å². The van der Waals surface area contributed by atoms with Crippen molar-refractivity contribution < 1.29 is 0 Å². The third-order valence-corrected chi connectivity index (χ3v) is 7.38. The Hall–Kier alpha value is -2.10. The fraction of sp³-hybridized carbons (Fsp3) is 0.500. The molecule has 6 heteroatoms. The smallest absolute Gasteiger partial charge is 0.0995 e. The van der Waals surface area contributed by atoms with Gasteiger partial charge in [0.2, 0.25) is 0 Å². The van der Waals surface area contributed by atoms with Crippen LogP contribution in [-0.2, 0) is 13.1 Å². The molecule has 1 aliphatic carbocycles. The van der Waals surface area contributed by atoms with E-state index in [-0.39, 0.29) is 0 Å². The Bertz CT molecular complexity index is 949. The van der Waals surface area contributed by atoms with Gasteiger partial charge >= 0.3 is 0 Å². The molecule has 168 valence electrons. The first-order valence-electron chi connectivity index (χ1n) is 11.9. The lowest BCUT2D eigenvalue weighted by molar-refractivity contribution is 0.122. The van der Waals surface area contributed by atoms with Crippen LogP contribution in [0.2, 0.25) is 5.02 Å². The Morgan fingerprint density at radius 2 is 1.47 bits per heavy atom. The Labute approximate surface area is 196 Å². The molecule has 2 saturated heterocycles. The predicted molar refractivity (Wildman–Crippen MR) is 130 cm³/mol. The lowest BCUT2D eigenvalue weighted by Gasteiger charge is -2.37. The zero-order valence-corrected chi connectivity index (χ0v) is 19.5. The minimum atomic E-state index is 0.791. The lowest BCUT2D eigenvalue weighted by Crippen LogP contribution is -2.47. The molecule has 0 atom stereocenters. The summed E-state index contributed by atoms with van der Waals surface area (Å²) in [5.74, 6) is 0. The largest absolute Gasteiger partial charge is 0.369 e. The zero-order chi connectivity index (χ0) is 21.9. The average Bonchev–Trinajstić information content (AvgIpc) is 3.68. The minimum Gasteiger partial charge on any atom is -0.369 e. The number of hydrogen-bond acceptors (Lipinski definition) is 5. The van der Waals surface area contributed by atoms with Crippen molar-refractivity contribution in [2.75, 3.05) is 57.3 Å². The molecule has 1 saturated carbocycles. The van der Waals surface area contributed by atoms with E-state index in [1.807, 2.05) is 18.2 Å². The van der Waals surface area contributed by atoms with Crippen molar-refractivity contribution in [1.82, 2.24) is 14.7 Å². The van der Waals surface area contributed by atoms with Crippen molar-refractivity contribution in [3.63, 3.8) is 0 Å². The quantitative estimate of drug-likeness (QED) is 0.670. The van der Waals surface area contributed by atoms with Crippen molar-refractivity contribution in [2.24, 2.45) is 0 Å². The van der Waals surface area contributed by atoms with Gasteiger partial charge in [0.15, 0.2) is 0 Å². The number of nitrogens with zero attached hydrogens (tertiary/aromatic N) is 5. The van der Waals surface area contributed by atoms with E-state index in [1.165, 1.54) is 29.7 Å². The summed E-state index contributed by atoms with van der Waals surface area (Å²) in [6.45, 7) is 10.5. The molecule has 0 spiro atoms. The number of benzene rings is 2. The third-order valence-electron chi connectivity index (χ3n) is 7.13. The fourth-order valence-electron chi connectivity index (χ4n) is 5.00. The van der Waals surface area contributed by atoms with Gasteiger partial charge in [-0.05, 0) is 54.3 Å². The van der Waals surface area contributed by atoms with Crippen LogP contribution in [0, 0.1) is 11.3 Å². The highest BCUT2D eigenvalue weighted by Crippen LogP contribution is 2.29. The van der Waals surface area contributed by atoms with Crippen molar-refractivity contribution in [3.8, 4) is 6.07 Å². The van der Waals surface area contributed by atoms with E-state index in [0.717, 1.165) is 82.1 Å². The Morgan fingerprint density at radius 1 is 0.812 bits per heavy atom. The van der Waals surface area contributed by atoms with Crippen LogP contribution in [0.3, 0.4) is 0 Å². The number of anilines is 1. The van der Waals surface area contributed by atoms with E-state index >= 15 is 0 Å². The molecular weight excluding hydrogens is 418 g/mol. The molecule has 3 aliphatic rings. The molecule has 2 aromatic rings. The monoisotopic (exact) mass is 449 g/mol. The molecule has 2 aromatic carbocycles. The van der Waals surface area contributed by atoms with E-state index in [9.17, 15) is 5.26 Å². The molecule has 5 nitrogen and oxygen atoms in total. The van der Waals surface area contributed by atoms with Crippen molar-refractivity contribution in [1.29, 1.82) is 5.26 Å². The first-order chi connectivity index (χ1) is 15.7. The molecule has 0 N–H and O–H groups in total. The normalized spacial score (nSPS) is 20.9. The van der Waals surface area contributed by atoms with Crippen molar-refractivity contribution >= 4 is 17.3 Å². The first-order valence-corrected chi connectivity index (χ1v) is 12.3. The summed E-state index contributed by atoms with van der Waals surface area (Å²) >= 11 is 6.01. The van der Waals surface area contributed by atoms with Crippen LogP contribution < -0.4 is 4.90 Å². The number of rotatable bonds is 6. The molecule has 0 amide bonds. The topological polar surface area (TPSA) is 36.8 Å². The summed E-state index contributed by atoms with van der Waals surface area (Å²) in [5.41, 5.74) is 4.56. The number of nitriles is 1. The maximum Gasteiger partial charge on any atom is 0.0995 e. The molecule has 2 aliphatic heterocycles. The first kappa shape index (κ1) is 21.7. The molecule has 5 rings (SSSR count). The van der Waals surface area contributed by atoms with Crippen molar-refractivity contribution in [2.45, 2.75) is 32.0 Å². The van der Waals surface area contributed by atoms with Gasteiger partial charge in [-0.2, -0.15) is 5.26 Å². The molecule has 3 fully saturated rings. The zero-order valence-electron chi connectivity index (χ0n) is 18.7. The van der Waals surface area contributed by atoms with E-state index in [0.29, 0.717) is 0 Å². The van der Waals surface area contributed by atoms with E-state index < -0.39 is 0 Å². The standard InChI is InChI=1S/C26H32ClN5/c27-24-4-1-21(2-5-24)19-29-9-11-30(12-10-29)20-23-17-26(6-3-22(23)18-28)32-15-13-31(14-16-32)25-7-8-25/h1-6,17,25H,7-16,19-20H2. The van der Waals surface area contributed by atoms with Gasteiger partial charge in [-0.25, -0.2) is 0 Å². The summed E-state index contributed by atoms with van der Waals surface area (Å²) in [4.78, 5) is 10.1. The molecule has 32 heavy (non-hydrogen) atoms. The van der Waals surface area contributed by atoms with Crippen LogP contribution in [0.1, 0.15) is 29.5 Å². The second-order valence-electron chi connectivity index (χ2n) is 9.39. The Morgan fingerprint density at radius 3 is 2.09 bits per heavy atom. The van der Waals surface area contributed by atoms with Crippen LogP contribution in [0.5, 0.6) is 0 Å². The van der Waals surface area contributed by atoms with Crippen molar-refractivity contribution in [3.05, 3.63) is 64.2 Å². The minimum absolute atomic E-state index is 0.791. The van der Waals surface area contributed by atoms with Crippen LogP contribution in [-0.4, -0.2) is 73.1 Å². The van der Waals surface area contributed by atoms with Gasteiger partial charge in [-0.3, -0.25) is 14.7 Å². The van der Waals surface area contributed by atoms with E-state index in [2.05, 4.69) is 49.9 Å². The number of halogens is 1. The van der Waals surface area contributed by atoms with E-state index in [1.54, 1.807) is 0 Å². The summed E-state index contributed by atoms with van der Waals surface area (Å²) in [7, 11) is 0. The highest BCUT2D eigenvalue weighted by Gasteiger charge is 2.31. The predicted octanol–water partition coefficient (Wildman–Crippen LogP) is 3.81.